The maximum Gasteiger partial charge on any atom is 0.255 e. The fourth-order valence-corrected chi connectivity index (χ4v) is 2.80. The fraction of sp³-hybridized carbons (Fsp3) is 0.500. The van der Waals surface area contributed by atoms with Crippen LogP contribution in [0.15, 0.2) is 24.5 Å². The molecule has 1 amide bonds. The van der Waals surface area contributed by atoms with Gasteiger partial charge in [-0.15, -0.1) is 5.10 Å². The molecule has 1 fully saturated rings. The van der Waals surface area contributed by atoms with E-state index in [1.54, 1.807) is 34.1 Å². The number of aryl methyl sites for hydroxylation is 1. The summed E-state index contributed by atoms with van der Waals surface area (Å²) in [6.07, 6.45) is 3.87. The van der Waals surface area contributed by atoms with Crippen LogP contribution in [-0.4, -0.2) is 49.0 Å². The summed E-state index contributed by atoms with van der Waals surface area (Å²) in [4.78, 5) is 18.4. The monoisotopic (exact) mass is 315 g/mol. The van der Waals surface area contributed by atoms with E-state index in [4.69, 9.17) is 0 Å². The predicted octanol–water partition coefficient (Wildman–Crippen LogP) is 1.30. The number of aromatic nitrogens is 4. The zero-order valence-electron chi connectivity index (χ0n) is 13.6. The van der Waals surface area contributed by atoms with Crippen molar-refractivity contribution in [1.29, 1.82) is 0 Å². The molecule has 1 aliphatic heterocycles. The standard InChI is InChI=1S/C16H21N5O2/c1-11(2)21-9-14(18-19-21)16(23)6-8-20(10-16)15(22)13-5-4-7-17-12(13)3/h4-5,7,9,11,23H,6,8,10H2,1-3H3/t16-/m0/s1. The summed E-state index contributed by atoms with van der Waals surface area (Å²) in [5, 5.41) is 19.0. The normalized spacial score (nSPS) is 21.2. The highest BCUT2D eigenvalue weighted by Crippen LogP contribution is 2.31. The Labute approximate surface area is 134 Å². The van der Waals surface area contributed by atoms with Gasteiger partial charge >= 0.3 is 0 Å². The number of hydrogen-bond acceptors (Lipinski definition) is 5. The molecule has 2 aromatic heterocycles. The molecule has 7 heteroatoms. The van der Waals surface area contributed by atoms with E-state index < -0.39 is 5.60 Å². The summed E-state index contributed by atoms with van der Waals surface area (Å²) >= 11 is 0. The van der Waals surface area contributed by atoms with Crippen molar-refractivity contribution in [2.24, 2.45) is 0 Å². The topological polar surface area (TPSA) is 84.1 Å². The first-order valence-corrected chi connectivity index (χ1v) is 7.76. The van der Waals surface area contributed by atoms with E-state index in [1.165, 1.54) is 0 Å². The Hall–Kier alpha value is -2.28. The van der Waals surface area contributed by atoms with E-state index >= 15 is 0 Å². The number of nitrogens with zero attached hydrogens (tertiary/aromatic N) is 5. The summed E-state index contributed by atoms with van der Waals surface area (Å²) in [5.41, 5.74) is 0.643. The molecule has 3 heterocycles. The van der Waals surface area contributed by atoms with Crippen LogP contribution < -0.4 is 0 Å². The Morgan fingerprint density at radius 1 is 1.43 bits per heavy atom. The van der Waals surface area contributed by atoms with Crippen molar-refractivity contribution < 1.29 is 9.90 Å². The Kier molecular flexibility index (Phi) is 3.89. The molecule has 0 radical (unpaired) electrons. The lowest BCUT2D eigenvalue weighted by Crippen LogP contribution is -2.35. The average molecular weight is 315 g/mol. The highest BCUT2D eigenvalue weighted by Gasteiger charge is 2.42. The summed E-state index contributed by atoms with van der Waals surface area (Å²) in [6.45, 7) is 6.51. The second-order valence-electron chi connectivity index (χ2n) is 6.32. The van der Waals surface area contributed by atoms with E-state index in [0.29, 0.717) is 29.9 Å². The first-order valence-electron chi connectivity index (χ1n) is 7.76. The minimum Gasteiger partial charge on any atom is -0.381 e. The van der Waals surface area contributed by atoms with E-state index in [2.05, 4.69) is 15.3 Å². The van der Waals surface area contributed by atoms with Crippen molar-refractivity contribution in [3.8, 4) is 0 Å². The molecule has 122 valence electrons. The molecule has 0 unspecified atom stereocenters. The predicted molar refractivity (Wildman–Crippen MR) is 83.8 cm³/mol. The largest absolute Gasteiger partial charge is 0.381 e. The van der Waals surface area contributed by atoms with Crippen LogP contribution in [0.2, 0.25) is 0 Å². The van der Waals surface area contributed by atoms with Crippen LogP contribution in [0.1, 0.15) is 48.1 Å². The number of β-amino-alcohol motifs (C(OH)–C–C–N with tert-alkyl or cyclic N) is 1. The SMILES string of the molecule is Cc1ncccc1C(=O)N1CC[C@@](O)(c2cn(C(C)C)nn2)C1. The smallest absolute Gasteiger partial charge is 0.255 e. The van der Waals surface area contributed by atoms with Crippen molar-refractivity contribution in [3.63, 3.8) is 0 Å². The highest BCUT2D eigenvalue weighted by molar-refractivity contribution is 5.95. The second kappa shape index (κ2) is 5.73. The van der Waals surface area contributed by atoms with Crippen LogP contribution >= 0.6 is 0 Å². The second-order valence-corrected chi connectivity index (χ2v) is 6.32. The Morgan fingerprint density at radius 3 is 2.87 bits per heavy atom. The third-order valence-electron chi connectivity index (χ3n) is 4.29. The molecule has 0 spiro atoms. The van der Waals surface area contributed by atoms with Gasteiger partial charge in [0, 0.05) is 30.9 Å². The molecular formula is C16H21N5O2. The van der Waals surface area contributed by atoms with Gasteiger partial charge in [-0.1, -0.05) is 5.21 Å². The Morgan fingerprint density at radius 2 is 2.22 bits per heavy atom. The number of pyridine rings is 1. The molecule has 1 atom stereocenters. The van der Waals surface area contributed by atoms with Gasteiger partial charge in [-0.3, -0.25) is 9.78 Å². The number of rotatable bonds is 3. The van der Waals surface area contributed by atoms with Gasteiger partial charge in [0.25, 0.3) is 5.91 Å². The van der Waals surface area contributed by atoms with Gasteiger partial charge in [0.15, 0.2) is 0 Å². The molecule has 1 aliphatic rings. The molecule has 2 aromatic rings. The number of amides is 1. The van der Waals surface area contributed by atoms with Gasteiger partial charge in [0.1, 0.15) is 11.3 Å². The maximum atomic E-state index is 12.6. The molecule has 1 saturated heterocycles. The summed E-state index contributed by atoms with van der Waals surface area (Å²) in [5.74, 6) is -0.109. The zero-order valence-corrected chi connectivity index (χ0v) is 13.6. The van der Waals surface area contributed by atoms with Gasteiger partial charge in [0.05, 0.1) is 18.3 Å². The average Bonchev–Trinajstić information content (AvgIpc) is 3.15. The molecule has 0 bridgehead atoms. The van der Waals surface area contributed by atoms with Crippen LogP contribution in [-0.2, 0) is 5.60 Å². The lowest BCUT2D eigenvalue weighted by Gasteiger charge is -2.21. The van der Waals surface area contributed by atoms with E-state index in [9.17, 15) is 9.90 Å². The highest BCUT2D eigenvalue weighted by atomic mass is 16.3. The van der Waals surface area contributed by atoms with Gasteiger partial charge < -0.3 is 10.0 Å². The lowest BCUT2D eigenvalue weighted by atomic mass is 10.00. The van der Waals surface area contributed by atoms with Crippen LogP contribution in [0, 0.1) is 6.92 Å². The van der Waals surface area contributed by atoms with Gasteiger partial charge in [0.2, 0.25) is 0 Å². The van der Waals surface area contributed by atoms with E-state index in [1.807, 2.05) is 20.8 Å². The number of likely N-dealkylation sites (tertiary alicyclic amines) is 1. The minimum atomic E-state index is -1.14. The zero-order chi connectivity index (χ0) is 16.6. The molecule has 3 rings (SSSR count). The Balaban J connectivity index is 1.79. The van der Waals surface area contributed by atoms with Gasteiger partial charge in [-0.05, 0) is 32.9 Å². The van der Waals surface area contributed by atoms with Crippen LogP contribution in [0.4, 0.5) is 0 Å². The molecule has 23 heavy (non-hydrogen) atoms. The van der Waals surface area contributed by atoms with Crippen molar-refractivity contribution in [2.75, 3.05) is 13.1 Å². The van der Waals surface area contributed by atoms with Crippen LogP contribution in [0.25, 0.3) is 0 Å². The van der Waals surface area contributed by atoms with Crippen molar-refractivity contribution in [1.82, 2.24) is 24.9 Å². The van der Waals surface area contributed by atoms with Crippen molar-refractivity contribution in [2.45, 2.75) is 38.8 Å². The first kappa shape index (κ1) is 15.6. The number of carbonyl (C=O) groups is 1. The Bertz CT molecular complexity index is 727. The number of aliphatic hydroxyl groups is 1. The maximum absolute atomic E-state index is 12.6. The molecule has 1 N–H and O–H groups in total. The number of hydrogen-bond donors (Lipinski definition) is 1. The van der Waals surface area contributed by atoms with Crippen LogP contribution in [0.5, 0.6) is 0 Å². The third kappa shape index (κ3) is 2.84. The molecule has 0 aliphatic carbocycles. The summed E-state index contributed by atoms with van der Waals surface area (Å²) < 4.78 is 1.71. The molecular weight excluding hydrogens is 294 g/mol. The van der Waals surface area contributed by atoms with Crippen LogP contribution in [0.3, 0.4) is 0 Å². The van der Waals surface area contributed by atoms with Crippen molar-refractivity contribution in [3.05, 3.63) is 41.5 Å². The van der Waals surface area contributed by atoms with Gasteiger partial charge in [-0.25, -0.2) is 4.68 Å². The quantitative estimate of drug-likeness (QED) is 0.923. The summed E-state index contributed by atoms with van der Waals surface area (Å²) in [6, 6.07) is 3.69. The summed E-state index contributed by atoms with van der Waals surface area (Å²) in [7, 11) is 0. The van der Waals surface area contributed by atoms with Crippen molar-refractivity contribution >= 4 is 5.91 Å². The molecule has 0 aromatic carbocycles. The minimum absolute atomic E-state index is 0.109. The molecule has 0 saturated carbocycles. The van der Waals surface area contributed by atoms with E-state index in [0.717, 1.165) is 0 Å². The first-order chi connectivity index (χ1) is 10.9. The lowest BCUT2D eigenvalue weighted by molar-refractivity contribution is 0.0381. The van der Waals surface area contributed by atoms with Gasteiger partial charge in [-0.2, -0.15) is 0 Å². The number of carbonyl (C=O) groups excluding carboxylic acids is 1. The fourth-order valence-electron chi connectivity index (χ4n) is 2.80. The molecule has 7 nitrogen and oxygen atoms in total. The van der Waals surface area contributed by atoms with E-state index in [-0.39, 0.29) is 18.5 Å². The third-order valence-corrected chi connectivity index (χ3v) is 4.29.